The fraction of sp³-hybridized carbons (Fsp3) is 0.710. The third-order valence-electron chi connectivity index (χ3n) is 8.52. The molecule has 2 fully saturated rings. The molecule has 14 heteroatoms. The number of aliphatic imine (C=N–C) groups is 1. The van der Waals surface area contributed by atoms with E-state index in [-0.39, 0.29) is 45.2 Å². The Morgan fingerprint density at radius 1 is 1.18 bits per heavy atom. The van der Waals surface area contributed by atoms with E-state index in [4.69, 9.17) is 23.8 Å². The number of ether oxygens (including phenoxy) is 2. The van der Waals surface area contributed by atoms with Crippen LogP contribution in [0.5, 0.6) is 0 Å². The maximum Gasteiger partial charge on any atom is 0.335 e. The molecule has 2 aromatic heterocycles. The smallest absolute Gasteiger partial charge is 0.335 e. The minimum absolute atomic E-state index is 0.0416. The van der Waals surface area contributed by atoms with Crippen LogP contribution in [-0.4, -0.2) is 87.9 Å². The summed E-state index contributed by atoms with van der Waals surface area (Å²) in [5.74, 6) is -1.06. The van der Waals surface area contributed by atoms with Crippen molar-refractivity contribution in [2.45, 2.75) is 115 Å². The van der Waals surface area contributed by atoms with Crippen LogP contribution >= 0.6 is 0 Å². The van der Waals surface area contributed by atoms with Crippen molar-refractivity contribution in [3.8, 4) is 6.07 Å². The molecule has 4 rings (SSSR count). The average molecular weight is 662 g/mol. The first-order valence-electron chi connectivity index (χ1n) is 17.1. The van der Waals surface area contributed by atoms with Gasteiger partial charge < -0.3 is 27.3 Å². The van der Waals surface area contributed by atoms with E-state index in [0.29, 0.717) is 0 Å². The van der Waals surface area contributed by atoms with Gasteiger partial charge in [0.25, 0.3) is 0 Å². The maximum atomic E-state index is 13.4. The quantitative estimate of drug-likeness (QED) is 0.145. The fourth-order valence-electron chi connectivity index (χ4n) is 6.05. The van der Waals surface area contributed by atoms with Gasteiger partial charge in [-0.3, -0.25) is 4.79 Å². The Morgan fingerprint density at radius 3 is 2.33 bits per heavy atom. The molecule has 0 spiro atoms. The molecule has 0 amide bonds. The second-order valence-electron chi connectivity index (χ2n) is 13.6. The van der Waals surface area contributed by atoms with Gasteiger partial charge in [0.1, 0.15) is 30.1 Å². The minimum Gasteiger partial charge on any atom is -0.455 e. The summed E-state index contributed by atoms with van der Waals surface area (Å²) in [7, 11) is -3.26. The van der Waals surface area contributed by atoms with E-state index < -0.39 is 59.5 Å². The molecule has 2 aliphatic heterocycles. The van der Waals surface area contributed by atoms with Crippen LogP contribution in [0.15, 0.2) is 23.4 Å². The SMILES string of the molecule is [2H]c1cc([C@]2(C#N)O[C@H]3[C@@H](O[Si](C(C)C)(C(C)C)O[Si](C(C)C)(C(C)C)OC3([2H])[2H])[C@H]2OC(=O)C(C)C)n2ncnc(N=CN(C)C)c12. The van der Waals surface area contributed by atoms with Gasteiger partial charge in [-0.2, -0.15) is 10.4 Å². The van der Waals surface area contributed by atoms with Gasteiger partial charge in [-0.05, 0) is 34.3 Å². The van der Waals surface area contributed by atoms with Crippen molar-refractivity contribution in [3.05, 3.63) is 24.1 Å². The van der Waals surface area contributed by atoms with Crippen LogP contribution in [0.1, 0.15) is 79.0 Å². The Labute approximate surface area is 273 Å². The molecular formula is C31H50N6O6Si2. The first-order valence-corrected chi connectivity index (χ1v) is 19.6. The second kappa shape index (κ2) is 13.2. The fourth-order valence-corrected chi connectivity index (χ4v) is 16.8. The van der Waals surface area contributed by atoms with Crippen LogP contribution < -0.4 is 0 Å². The van der Waals surface area contributed by atoms with Crippen LogP contribution in [0.2, 0.25) is 22.2 Å². The van der Waals surface area contributed by atoms with Gasteiger partial charge in [-0.15, -0.1) is 0 Å². The van der Waals surface area contributed by atoms with Crippen LogP contribution in [0, 0.1) is 17.2 Å². The number of aromatic nitrogens is 3. The minimum atomic E-state index is -3.43. The van der Waals surface area contributed by atoms with Crippen molar-refractivity contribution in [2.24, 2.45) is 10.9 Å². The van der Waals surface area contributed by atoms with Crippen LogP contribution in [0.25, 0.3) is 5.52 Å². The zero-order valence-electron chi connectivity index (χ0n) is 31.5. The second-order valence-corrected chi connectivity index (χ2v) is 22.4. The zero-order valence-corrected chi connectivity index (χ0v) is 30.5. The molecule has 0 aliphatic carbocycles. The summed E-state index contributed by atoms with van der Waals surface area (Å²) in [6.45, 7) is 16.7. The van der Waals surface area contributed by atoms with E-state index in [1.807, 2.05) is 55.4 Å². The normalized spacial score (nSPS) is 28.6. The predicted octanol–water partition coefficient (Wildman–Crippen LogP) is 5.59. The summed E-state index contributed by atoms with van der Waals surface area (Å²) in [6.07, 6.45) is -1.59. The molecule has 0 saturated carbocycles. The zero-order chi connectivity index (χ0) is 36.1. The number of hydrogen-bond donors (Lipinski definition) is 0. The molecule has 2 aliphatic rings. The average Bonchev–Trinajstić information content (AvgIpc) is 3.49. The molecule has 248 valence electrons. The van der Waals surface area contributed by atoms with Gasteiger partial charge >= 0.3 is 23.1 Å². The van der Waals surface area contributed by atoms with Crippen molar-refractivity contribution < 1.29 is 31.3 Å². The molecular weight excluding hydrogens is 609 g/mol. The number of carbonyl (C=O) groups is 1. The Kier molecular flexibility index (Phi) is 9.08. The highest BCUT2D eigenvalue weighted by Gasteiger charge is 2.67. The van der Waals surface area contributed by atoms with Crippen molar-refractivity contribution in [1.82, 2.24) is 19.5 Å². The lowest BCUT2D eigenvalue weighted by molar-refractivity contribution is -0.163. The largest absolute Gasteiger partial charge is 0.455 e. The molecule has 0 bridgehead atoms. The lowest BCUT2D eigenvalue weighted by Crippen LogP contribution is -2.66. The first kappa shape index (κ1) is 31.0. The number of fused-ring (bicyclic) bond motifs is 2. The number of nitriles is 1. The Balaban J connectivity index is 2.07. The molecule has 12 nitrogen and oxygen atoms in total. The van der Waals surface area contributed by atoms with E-state index in [0.717, 1.165) is 0 Å². The monoisotopic (exact) mass is 661 g/mol. The number of rotatable bonds is 9. The highest BCUT2D eigenvalue weighted by molar-refractivity contribution is 6.84. The van der Waals surface area contributed by atoms with E-state index in [2.05, 4.69) is 21.1 Å². The summed E-state index contributed by atoms with van der Waals surface area (Å²) in [5.41, 5.74) is -2.60. The summed E-state index contributed by atoms with van der Waals surface area (Å²) in [4.78, 5) is 23.8. The van der Waals surface area contributed by atoms with Crippen molar-refractivity contribution in [1.29, 1.82) is 5.26 Å². The maximum absolute atomic E-state index is 13.4. The summed E-state index contributed by atoms with van der Waals surface area (Å²) < 4.78 is 62.8. The number of esters is 1. The highest BCUT2D eigenvalue weighted by Crippen LogP contribution is 2.51. The van der Waals surface area contributed by atoms with Gasteiger partial charge in [-0.25, -0.2) is 14.5 Å². The molecule has 0 unspecified atom stereocenters. The summed E-state index contributed by atoms with van der Waals surface area (Å²) in [5, 5.41) is 15.5. The molecule has 0 radical (unpaired) electrons. The molecule has 4 heterocycles. The number of hydrogen-bond acceptors (Lipinski definition) is 10. The van der Waals surface area contributed by atoms with Gasteiger partial charge in [0.2, 0.25) is 5.60 Å². The van der Waals surface area contributed by atoms with Gasteiger partial charge in [0.05, 0.1) is 28.6 Å². The predicted molar refractivity (Wildman–Crippen MR) is 176 cm³/mol. The van der Waals surface area contributed by atoms with Crippen LogP contribution in [0.3, 0.4) is 0 Å². The van der Waals surface area contributed by atoms with E-state index in [9.17, 15) is 12.8 Å². The van der Waals surface area contributed by atoms with Crippen molar-refractivity contribution >= 4 is 40.8 Å². The van der Waals surface area contributed by atoms with E-state index >= 15 is 0 Å². The first-order chi connectivity index (χ1) is 22.2. The molecule has 45 heavy (non-hydrogen) atoms. The lowest BCUT2D eigenvalue weighted by Gasteiger charge is -2.51. The topological polar surface area (TPSA) is 133 Å². The standard InChI is InChI=1S/C31H50N6O6Si2/c1-19(2)30(38)40-28-27-25(15-39-44(20(3)4,21(5)6)43-45(42-27,22(7)8)23(9)10)41-31(28,16-32)26-14-13-24-29(34-18-36(11)12)33-17-35-37(24)26/h13-14,17-23,25,27-28H,15H2,1-12H3/t25-,27-,28-,31+/m1/s1/i13D,15D2. The van der Waals surface area contributed by atoms with Gasteiger partial charge in [0.15, 0.2) is 11.9 Å². The Bertz CT molecular complexity index is 1560. The van der Waals surface area contributed by atoms with Crippen molar-refractivity contribution in [3.63, 3.8) is 0 Å². The Morgan fingerprint density at radius 2 is 1.80 bits per heavy atom. The number of nitrogens with zero attached hydrogens (tertiary/aromatic N) is 6. The Hall–Kier alpha value is -2.68. The molecule has 0 aromatic carbocycles. The van der Waals surface area contributed by atoms with Crippen LogP contribution in [0.4, 0.5) is 5.82 Å². The molecule has 0 N–H and O–H groups in total. The third kappa shape index (κ3) is 6.10. The van der Waals surface area contributed by atoms with E-state index in [1.54, 1.807) is 32.8 Å². The summed E-state index contributed by atoms with van der Waals surface area (Å²) in [6, 6.07) is 3.55. The molecule has 2 saturated heterocycles. The molecule has 4 atom stereocenters. The van der Waals surface area contributed by atoms with Crippen molar-refractivity contribution in [2.75, 3.05) is 20.7 Å². The lowest BCUT2D eigenvalue weighted by atomic mass is 9.92. The van der Waals surface area contributed by atoms with Gasteiger partial charge in [-0.1, -0.05) is 69.2 Å². The van der Waals surface area contributed by atoms with Gasteiger partial charge in [0, 0.05) is 14.1 Å². The highest BCUT2D eigenvalue weighted by atomic mass is 28.5. The number of carbonyl (C=O) groups excluding carboxylic acids is 1. The summed E-state index contributed by atoms with van der Waals surface area (Å²) >= 11 is 0. The molecule has 2 aromatic rings. The van der Waals surface area contributed by atoms with Crippen LogP contribution in [-0.2, 0) is 32.8 Å². The third-order valence-corrected chi connectivity index (χ3v) is 18.6. The van der Waals surface area contributed by atoms with E-state index in [1.165, 1.54) is 23.2 Å².